The van der Waals surface area contributed by atoms with Crippen molar-refractivity contribution in [2.45, 2.75) is 18.8 Å². The first-order valence-electron chi connectivity index (χ1n) is 7.05. The van der Waals surface area contributed by atoms with Crippen LogP contribution < -0.4 is 10.1 Å². The fourth-order valence-electron chi connectivity index (χ4n) is 2.65. The molecule has 0 aromatic heterocycles. The van der Waals surface area contributed by atoms with E-state index >= 15 is 0 Å². The highest BCUT2D eigenvalue weighted by atomic mass is 19.4. The van der Waals surface area contributed by atoms with E-state index in [0.29, 0.717) is 25.1 Å². The smallest absolute Gasteiger partial charge is 0.508 e. The van der Waals surface area contributed by atoms with E-state index in [1.54, 1.807) is 0 Å². The predicted octanol–water partition coefficient (Wildman–Crippen LogP) is 1.62. The van der Waals surface area contributed by atoms with Crippen molar-refractivity contribution in [1.82, 2.24) is 10.2 Å². The van der Waals surface area contributed by atoms with E-state index in [1.165, 1.54) is 12.1 Å². The Kier molecular flexibility index (Phi) is 5.49. The number of ether oxygens (including phenoxy) is 1. The molecule has 0 aliphatic carbocycles. The van der Waals surface area contributed by atoms with Crippen molar-refractivity contribution in [2.75, 3.05) is 32.8 Å². The molecule has 0 bridgehead atoms. The third-order valence-electron chi connectivity index (χ3n) is 3.59. The highest BCUT2D eigenvalue weighted by Crippen LogP contribution is 2.35. The Balaban J connectivity index is 2.27. The van der Waals surface area contributed by atoms with Crippen LogP contribution in [-0.4, -0.2) is 54.3 Å². The Hall–Kier alpha value is -1.51. The standard InChI is InChI=1S/C14H19F3N2O3/c15-14(16,17)22-10-1-2-13(21)11(9-10)12(3-8-20)19-6-4-18-5-7-19/h1-2,9,12,18,20-21H,3-8H2/t12-/m1/s1. The summed E-state index contributed by atoms with van der Waals surface area (Å²) < 4.78 is 40.9. The predicted molar refractivity (Wildman–Crippen MR) is 73.7 cm³/mol. The van der Waals surface area contributed by atoms with Crippen molar-refractivity contribution < 1.29 is 28.1 Å². The molecule has 124 valence electrons. The van der Waals surface area contributed by atoms with Gasteiger partial charge in [0.05, 0.1) is 0 Å². The van der Waals surface area contributed by atoms with Gasteiger partial charge in [0.15, 0.2) is 0 Å². The number of rotatable bonds is 5. The number of alkyl halides is 3. The van der Waals surface area contributed by atoms with Gasteiger partial charge in [0.25, 0.3) is 0 Å². The van der Waals surface area contributed by atoms with Crippen molar-refractivity contribution >= 4 is 0 Å². The SMILES string of the molecule is OCC[C@H](c1cc(OC(F)(F)F)ccc1O)N1CCNCC1. The van der Waals surface area contributed by atoms with Crippen LogP contribution in [0.3, 0.4) is 0 Å². The van der Waals surface area contributed by atoms with Crippen LogP contribution in [0.1, 0.15) is 18.0 Å². The number of piperazine rings is 1. The van der Waals surface area contributed by atoms with Crippen LogP contribution in [0, 0.1) is 0 Å². The molecule has 0 radical (unpaired) electrons. The summed E-state index contributed by atoms with van der Waals surface area (Å²) in [7, 11) is 0. The molecule has 5 nitrogen and oxygen atoms in total. The second-order valence-electron chi connectivity index (χ2n) is 5.08. The number of aliphatic hydroxyl groups excluding tert-OH is 1. The summed E-state index contributed by atoms with van der Waals surface area (Å²) >= 11 is 0. The summed E-state index contributed by atoms with van der Waals surface area (Å²) in [6.45, 7) is 2.75. The normalized spacial score (nSPS) is 18.2. The lowest BCUT2D eigenvalue weighted by Crippen LogP contribution is -2.45. The molecule has 1 aromatic carbocycles. The van der Waals surface area contributed by atoms with Gasteiger partial charge in [-0.1, -0.05) is 0 Å². The maximum atomic E-state index is 12.3. The van der Waals surface area contributed by atoms with Gasteiger partial charge in [-0.25, -0.2) is 0 Å². The van der Waals surface area contributed by atoms with E-state index < -0.39 is 6.36 Å². The maximum absolute atomic E-state index is 12.3. The molecular formula is C14H19F3N2O3. The molecule has 1 aromatic rings. The average molecular weight is 320 g/mol. The largest absolute Gasteiger partial charge is 0.573 e. The highest BCUT2D eigenvalue weighted by molar-refractivity contribution is 5.41. The molecular weight excluding hydrogens is 301 g/mol. The summed E-state index contributed by atoms with van der Waals surface area (Å²) in [5.74, 6) is -0.482. The Morgan fingerprint density at radius 2 is 1.95 bits per heavy atom. The Labute approximate surface area is 126 Å². The Morgan fingerprint density at radius 1 is 1.27 bits per heavy atom. The quantitative estimate of drug-likeness (QED) is 0.769. The lowest BCUT2D eigenvalue weighted by atomic mass is 10.00. The van der Waals surface area contributed by atoms with Gasteiger partial charge in [-0.3, -0.25) is 4.90 Å². The zero-order valence-electron chi connectivity index (χ0n) is 11.9. The number of nitrogens with zero attached hydrogens (tertiary/aromatic N) is 1. The molecule has 8 heteroatoms. The minimum absolute atomic E-state index is 0.105. The fraction of sp³-hybridized carbons (Fsp3) is 0.571. The molecule has 1 heterocycles. The van der Waals surface area contributed by atoms with Crippen molar-refractivity contribution in [2.24, 2.45) is 0 Å². The van der Waals surface area contributed by atoms with Crippen LogP contribution >= 0.6 is 0 Å². The summed E-state index contributed by atoms with van der Waals surface area (Å²) in [5.41, 5.74) is 0.331. The number of hydrogen-bond donors (Lipinski definition) is 3. The lowest BCUT2D eigenvalue weighted by Gasteiger charge is -2.35. The topological polar surface area (TPSA) is 65.0 Å². The highest BCUT2D eigenvalue weighted by Gasteiger charge is 2.32. The molecule has 1 fully saturated rings. The van der Waals surface area contributed by atoms with Gasteiger partial charge in [-0.2, -0.15) is 0 Å². The van der Waals surface area contributed by atoms with Gasteiger partial charge in [-0.05, 0) is 24.6 Å². The number of benzene rings is 1. The van der Waals surface area contributed by atoms with Crippen molar-refractivity contribution in [3.8, 4) is 11.5 Å². The van der Waals surface area contributed by atoms with Crippen LogP contribution in [-0.2, 0) is 0 Å². The van der Waals surface area contributed by atoms with E-state index in [9.17, 15) is 23.4 Å². The zero-order valence-corrected chi connectivity index (χ0v) is 11.9. The van der Waals surface area contributed by atoms with Gasteiger partial charge in [0.2, 0.25) is 0 Å². The summed E-state index contributed by atoms with van der Waals surface area (Å²) in [5, 5.41) is 22.4. The number of aromatic hydroxyl groups is 1. The van der Waals surface area contributed by atoms with E-state index in [2.05, 4.69) is 10.1 Å². The second-order valence-corrected chi connectivity index (χ2v) is 5.08. The number of aliphatic hydroxyl groups is 1. The number of hydrogen-bond acceptors (Lipinski definition) is 5. The summed E-state index contributed by atoms with van der Waals surface area (Å²) in [4.78, 5) is 2.03. The molecule has 3 N–H and O–H groups in total. The van der Waals surface area contributed by atoms with Crippen LogP contribution in [0.15, 0.2) is 18.2 Å². The van der Waals surface area contributed by atoms with Gasteiger partial charge >= 0.3 is 6.36 Å². The Morgan fingerprint density at radius 3 is 2.55 bits per heavy atom. The van der Waals surface area contributed by atoms with Crippen LogP contribution in [0.4, 0.5) is 13.2 Å². The molecule has 1 aliphatic heterocycles. The number of phenols is 1. The molecule has 1 atom stereocenters. The molecule has 0 spiro atoms. The fourth-order valence-corrected chi connectivity index (χ4v) is 2.65. The van der Waals surface area contributed by atoms with Crippen LogP contribution in [0.25, 0.3) is 0 Å². The van der Waals surface area contributed by atoms with Gasteiger partial charge in [-0.15, -0.1) is 13.2 Å². The third kappa shape index (κ3) is 4.49. The molecule has 2 rings (SSSR count). The van der Waals surface area contributed by atoms with Crippen LogP contribution in [0.5, 0.6) is 11.5 Å². The molecule has 0 unspecified atom stereocenters. The lowest BCUT2D eigenvalue weighted by molar-refractivity contribution is -0.274. The molecule has 0 saturated carbocycles. The number of nitrogens with one attached hydrogen (secondary N) is 1. The van der Waals surface area contributed by atoms with Crippen molar-refractivity contribution in [3.63, 3.8) is 0 Å². The first-order valence-corrected chi connectivity index (χ1v) is 7.05. The Bertz CT molecular complexity index is 491. The zero-order chi connectivity index (χ0) is 16.2. The first kappa shape index (κ1) is 16.9. The third-order valence-corrected chi connectivity index (χ3v) is 3.59. The maximum Gasteiger partial charge on any atom is 0.573 e. The number of phenolic OH excluding ortho intramolecular Hbond substituents is 1. The summed E-state index contributed by atoms with van der Waals surface area (Å²) in [6.07, 6.45) is -4.46. The van der Waals surface area contributed by atoms with Gasteiger partial charge in [0.1, 0.15) is 11.5 Å². The monoisotopic (exact) mass is 320 g/mol. The van der Waals surface area contributed by atoms with Gasteiger partial charge < -0.3 is 20.3 Å². The first-order chi connectivity index (χ1) is 10.4. The average Bonchev–Trinajstić information content (AvgIpc) is 2.46. The molecule has 22 heavy (non-hydrogen) atoms. The van der Waals surface area contributed by atoms with Gasteiger partial charge in [0, 0.05) is 44.4 Å². The number of halogens is 3. The minimum Gasteiger partial charge on any atom is -0.508 e. The van der Waals surface area contributed by atoms with Crippen molar-refractivity contribution in [3.05, 3.63) is 23.8 Å². The molecule has 1 saturated heterocycles. The molecule has 1 aliphatic rings. The van der Waals surface area contributed by atoms with E-state index in [0.717, 1.165) is 19.2 Å². The van der Waals surface area contributed by atoms with E-state index in [1.807, 2.05) is 4.90 Å². The minimum atomic E-state index is -4.78. The summed E-state index contributed by atoms with van der Waals surface area (Å²) in [6, 6.07) is 3.08. The second kappa shape index (κ2) is 7.17. The van der Waals surface area contributed by atoms with E-state index in [-0.39, 0.29) is 24.1 Å². The van der Waals surface area contributed by atoms with Crippen molar-refractivity contribution in [1.29, 1.82) is 0 Å². The van der Waals surface area contributed by atoms with E-state index in [4.69, 9.17) is 0 Å². The van der Waals surface area contributed by atoms with Crippen LogP contribution in [0.2, 0.25) is 0 Å². The molecule has 0 amide bonds.